The minimum Gasteiger partial charge on any atom is -0.475 e. The first-order valence-corrected chi connectivity index (χ1v) is 10.4. The molecule has 2 nitrogen and oxygen atoms in total. The van der Waals surface area contributed by atoms with Crippen LogP contribution in [0.2, 0.25) is 0 Å². The van der Waals surface area contributed by atoms with Crippen molar-refractivity contribution >= 4 is 10.8 Å². The fraction of sp³-hybridized carbons (Fsp3) is 0.308. The summed E-state index contributed by atoms with van der Waals surface area (Å²) in [5.41, 5.74) is 4.04. The largest absolute Gasteiger partial charge is 0.475 e. The highest BCUT2D eigenvalue weighted by Gasteiger charge is 2.42. The Hall–Kier alpha value is -2.58. The normalized spacial score (nSPS) is 24.1. The van der Waals surface area contributed by atoms with Crippen molar-refractivity contribution in [1.82, 2.24) is 4.90 Å². The molecule has 2 heterocycles. The van der Waals surface area contributed by atoms with Crippen molar-refractivity contribution in [2.24, 2.45) is 0 Å². The van der Waals surface area contributed by atoms with Crippen molar-refractivity contribution < 1.29 is 4.74 Å². The molecule has 0 radical (unpaired) electrons. The van der Waals surface area contributed by atoms with Crippen molar-refractivity contribution in [1.29, 1.82) is 0 Å². The third-order valence-electron chi connectivity index (χ3n) is 6.07. The summed E-state index contributed by atoms with van der Waals surface area (Å²) >= 11 is 0. The minimum atomic E-state index is 0.133. The highest BCUT2D eigenvalue weighted by Crippen LogP contribution is 2.48. The molecule has 5 rings (SSSR count). The van der Waals surface area contributed by atoms with Gasteiger partial charge in [0.15, 0.2) is 6.23 Å². The van der Waals surface area contributed by atoms with Crippen LogP contribution in [-0.2, 0) is 0 Å². The van der Waals surface area contributed by atoms with Crippen molar-refractivity contribution in [2.75, 3.05) is 0 Å². The van der Waals surface area contributed by atoms with E-state index in [-0.39, 0.29) is 12.3 Å². The number of allylic oxidation sites excluding steroid dienone is 1. The van der Waals surface area contributed by atoms with E-state index >= 15 is 0 Å². The van der Waals surface area contributed by atoms with E-state index in [0.717, 1.165) is 12.2 Å². The van der Waals surface area contributed by atoms with E-state index < -0.39 is 0 Å². The first kappa shape index (κ1) is 17.5. The third-order valence-corrected chi connectivity index (χ3v) is 6.07. The molecule has 0 saturated carbocycles. The number of piperidine rings is 1. The van der Waals surface area contributed by atoms with E-state index in [2.05, 4.69) is 91.6 Å². The number of rotatable bonds is 2. The average molecular weight is 370 g/mol. The van der Waals surface area contributed by atoms with Crippen molar-refractivity contribution in [2.45, 2.75) is 51.4 Å². The minimum absolute atomic E-state index is 0.133. The van der Waals surface area contributed by atoms with Gasteiger partial charge in [-0.3, -0.25) is 4.90 Å². The lowest BCUT2D eigenvalue weighted by Gasteiger charge is -2.49. The molecule has 2 aliphatic rings. The molecule has 3 aromatic rings. The molecule has 0 spiro atoms. The number of benzene rings is 3. The summed E-state index contributed by atoms with van der Waals surface area (Å²) in [4.78, 5) is 2.63. The second-order valence-electron chi connectivity index (χ2n) is 8.27. The van der Waals surface area contributed by atoms with Crippen LogP contribution in [0.5, 0.6) is 5.75 Å². The first-order chi connectivity index (χ1) is 13.7. The Bertz CT molecular complexity index is 1020. The topological polar surface area (TPSA) is 12.5 Å². The summed E-state index contributed by atoms with van der Waals surface area (Å²) in [7, 11) is 0. The van der Waals surface area contributed by atoms with Gasteiger partial charge in [-0.2, -0.15) is 0 Å². The Morgan fingerprint density at radius 1 is 0.929 bits per heavy atom. The first-order valence-electron chi connectivity index (χ1n) is 10.4. The van der Waals surface area contributed by atoms with E-state index in [1.54, 1.807) is 0 Å². The molecule has 28 heavy (non-hydrogen) atoms. The van der Waals surface area contributed by atoms with Crippen LogP contribution < -0.4 is 4.74 Å². The molecule has 1 saturated heterocycles. The Labute approximate surface area is 167 Å². The van der Waals surface area contributed by atoms with Gasteiger partial charge in [0.05, 0.1) is 6.04 Å². The lowest BCUT2D eigenvalue weighted by Crippen LogP contribution is -2.53. The monoisotopic (exact) mass is 369 g/mol. The summed E-state index contributed by atoms with van der Waals surface area (Å²) in [6.07, 6.45) is 6.05. The van der Waals surface area contributed by atoms with Crippen LogP contribution in [0.4, 0.5) is 0 Å². The Kier molecular flexibility index (Phi) is 4.44. The molecule has 0 amide bonds. The molecule has 142 valence electrons. The maximum absolute atomic E-state index is 6.60. The van der Waals surface area contributed by atoms with Gasteiger partial charge >= 0.3 is 0 Å². The summed E-state index contributed by atoms with van der Waals surface area (Å²) in [6, 6.07) is 24.6. The molecule has 0 unspecified atom stereocenters. The van der Waals surface area contributed by atoms with Crippen LogP contribution in [0.15, 0.2) is 78.4 Å². The van der Waals surface area contributed by atoms with Crippen molar-refractivity contribution in [3.8, 4) is 5.75 Å². The Balaban J connectivity index is 1.76. The van der Waals surface area contributed by atoms with Gasteiger partial charge in [-0.15, -0.1) is 0 Å². The molecular weight excluding hydrogens is 342 g/mol. The molecule has 3 aromatic carbocycles. The van der Waals surface area contributed by atoms with Crippen LogP contribution in [0.3, 0.4) is 0 Å². The van der Waals surface area contributed by atoms with E-state index in [1.807, 2.05) is 0 Å². The fourth-order valence-electron chi connectivity index (χ4n) is 4.98. The summed E-state index contributed by atoms with van der Waals surface area (Å²) in [5.74, 6) is 1.05. The number of hydrogen-bond acceptors (Lipinski definition) is 2. The fourth-order valence-corrected chi connectivity index (χ4v) is 4.98. The number of ether oxygens (including phenoxy) is 1. The maximum atomic E-state index is 6.60. The van der Waals surface area contributed by atoms with Gasteiger partial charge in [-0.05, 0) is 55.5 Å². The zero-order chi connectivity index (χ0) is 19.1. The lowest BCUT2D eigenvalue weighted by molar-refractivity contribution is -0.0620. The van der Waals surface area contributed by atoms with E-state index in [0.29, 0.717) is 6.04 Å². The van der Waals surface area contributed by atoms with Gasteiger partial charge in [0.25, 0.3) is 0 Å². The Morgan fingerprint density at radius 2 is 1.71 bits per heavy atom. The maximum Gasteiger partial charge on any atom is 0.153 e. The van der Waals surface area contributed by atoms with Gasteiger partial charge in [-0.1, -0.05) is 72.3 Å². The van der Waals surface area contributed by atoms with E-state index in [9.17, 15) is 0 Å². The highest BCUT2D eigenvalue weighted by atomic mass is 16.5. The molecule has 1 fully saturated rings. The second kappa shape index (κ2) is 7.10. The molecule has 0 N–H and O–H groups in total. The lowest BCUT2D eigenvalue weighted by atomic mass is 9.86. The standard InChI is InChI=1S/C26H27NO/c1-18(2)17-21-12-8-14-24-27(21)26(20-10-4-3-5-11-20)25-22-13-7-6-9-19(22)15-16-23(25)28-24/h3-7,9-11,13,15-17,21,24,26H,8,12,14H2,1-2H3/t21-,24-,26+/m1/s1. The SMILES string of the molecule is CC(C)=C[C@H]1CCC[C@H]2Oc3ccc4ccccc4c3[C@H](c3ccccc3)N12. The Morgan fingerprint density at radius 3 is 2.54 bits per heavy atom. The van der Waals surface area contributed by atoms with E-state index in [1.165, 1.54) is 40.3 Å². The average Bonchev–Trinajstić information content (AvgIpc) is 2.72. The summed E-state index contributed by atoms with van der Waals surface area (Å²) < 4.78 is 6.60. The van der Waals surface area contributed by atoms with Crippen LogP contribution in [0, 0.1) is 0 Å². The van der Waals surface area contributed by atoms with E-state index in [4.69, 9.17) is 4.74 Å². The number of nitrogens with zero attached hydrogens (tertiary/aromatic N) is 1. The van der Waals surface area contributed by atoms with Crippen LogP contribution in [0.1, 0.15) is 50.3 Å². The van der Waals surface area contributed by atoms with Gasteiger partial charge in [0, 0.05) is 11.6 Å². The molecule has 3 atom stereocenters. The highest BCUT2D eigenvalue weighted by molar-refractivity contribution is 5.89. The van der Waals surface area contributed by atoms with Gasteiger partial charge in [0.2, 0.25) is 0 Å². The number of fused-ring (bicyclic) bond motifs is 4. The van der Waals surface area contributed by atoms with Crippen LogP contribution >= 0.6 is 0 Å². The molecule has 2 aliphatic heterocycles. The smallest absolute Gasteiger partial charge is 0.153 e. The molecule has 0 aliphatic carbocycles. The van der Waals surface area contributed by atoms with Crippen LogP contribution in [0.25, 0.3) is 10.8 Å². The molecular formula is C26H27NO. The van der Waals surface area contributed by atoms with Gasteiger partial charge in [-0.25, -0.2) is 0 Å². The van der Waals surface area contributed by atoms with Crippen LogP contribution in [-0.4, -0.2) is 17.2 Å². The molecule has 0 aromatic heterocycles. The third kappa shape index (κ3) is 2.93. The van der Waals surface area contributed by atoms with Gasteiger partial charge in [0.1, 0.15) is 5.75 Å². The van der Waals surface area contributed by atoms with Gasteiger partial charge < -0.3 is 4.74 Å². The predicted molar refractivity (Wildman–Crippen MR) is 116 cm³/mol. The predicted octanol–water partition coefficient (Wildman–Crippen LogP) is 6.47. The van der Waals surface area contributed by atoms with Crippen molar-refractivity contribution in [3.63, 3.8) is 0 Å². The second-order valence-corrected chi connectivity index (χ2v) is 8.27. The summed E-state index contributed by atoms with van der Waals surface area (Å²) in [6.45, 7) is 4.41. The van der Waals surface area contributed by atoms with Crippen molar-refractivity contribution in [3.05, 3.63) is 89.5 Å². The molecule has 2 heteroatoms. The quantitative estimate of drug-likeness (QED) is 0.480. The zero-order valence-electron chi connectivity index (χ0n) is 16.6. The molecule has 0 bridgehead atoms. The number of hydrogen-bond donors (Lipinski definition) is 0. The summed E-state index contributed by atoms with van der Waals surface area (Å²) in [5, 5.41) is 2.58. The zero-order valence-corrected chi connectivity index (χ0v) is 16.6.